The number of benzene rings is 1. The quantitative estimate of drug-likeness (QED) is 0.891. The van der Waals surface area contributed by atoms with E-state index in [-0.39, 0.29) is 23.9 Å². The molecule has 0 atom stereocenters. The number of aromatic nitrogens is 2. The van der Waals surface area contributed by atoms with E-state index in [1.807, 2.05) is 0 Å². The molecule has 1 aromatic carbocycles. The molecule has 0 unspecified atom stereocenters. The molecule has 0 radical (unpaired) electrons. The first-order valence-electron chi connectivity index (χ1n) is 5.53. The Morgan fingerprint density at radius 1 is 1.25 bits per heavy atom. The summed E-state index contributed by atoms with van der Waals surface area (Å²) in [5.41, 5.74) is 5.29. The van der Waals surface area contributed by atoms with Crippen LogP contribution in [0.4, 0.5) is 26.1 Å². The van der Waals surface area contributed by atoms with E-state index < -0.39 is 11.6 Å². The van der Waals surface area contributed by atoms with Crippen LogP contribution in [0.25, 0.3) is 0 Å². The van der Waals surface area contributed by atoms with E-state index in [0.717, 1.165) is 12.1 Å². The molecular weight excluding hydrogens is 334 g/mol. The summed E-state index contributed by atoms with van der Waals surface area (Å²) in [5, 5.41) is 2.55. The number of halogens is 3. The minimum absolute atomic E-state index is 0.144. The summed E-state index contributed by atoms with van der Waals surface area (Å²) in [6.07, 6.45) is 0. The molecule has 0 saturated carbocycles. The van der Waals surface area contributed by atoms with Gasteiger partial charge in [-0.2, -0.15) is 0 Å². The molecule has 1 aromatic heterocycles. The minimum Gasteiger partial charge on any atom is -0.384 e. The van der Waals surface area contributed by atoms with Gasteiger partial charge in [0.05, 0.1) is 0 Å². The molecule has 0 amide bonds. The normalized spacial score (nSPS) is 10.6. The van der Waals surface area contributed by atoms with Gasteiger partial charge in [0, 0.05) is 17.6 Å². The van der Waals surface area contributed by atoms with Crippen LogP contribution in [0.3, 0.4) is 0 Å². The third kappa shape index (κ3) is 3.40. The lowest BCUT2D eigenvalue weighted by atomic mass is 10.3. The van der Waals surface area contributed by atoms with Crippen LogP contribution in [0.15, 0.2) is 22.7 Å². The summed E-state index contributed by atoms with van der Waals surface area (Å²) < 4.78 is 32.6. The number of nitrogen functional groups attached to an aromatic ring is 1. The lowest BCUT2D eigenvalue weighted by Crippen LogP contribution is -2.06. The van der Waals surface area contributed by atoms with Gasteiger partial charge in [-0.05, 0) is 12.1 Å². The largest absolute Gasteiger partial charge is 0.384 e. The Bertz CT molecular complexity index is 616. The number of ether oxygens (including phenoxy) is 1. The summed E-state index contributed by atoms with van der Waals surface area (Å²) in [7, 11) is 1.48. The molecule has 0 saturated heterocycles. The maximum atomic E-state index is 13.7. The maximum Gasteiger partial charge on any atom is 0.158 e. The average Bonchev–Trinajstić information content (AvgIpc) is 2.33. The molecule has 0 spiro atoms. The monoisotopic (exact) mass is 344 g/mol. The Balaban J connectivity index is 2.35. The van der Waals surface area contributed by atoms with Gasteiger partial charge in [0.25, 0.3) is 0 Å². The van der Waals surface area contributed by atoms with Crippen molar-refractivity contribution in [2.45, 2.75) is 6.61 Å². The number of hydrogen-bond acceptors (Lipinski definition) is 5. The molecule has 0 aliphatic heterocycles. The number of nitrogens with one attached hydrogen (secondary N) is 1. The summed E-state index contributed by atoms with van der Waals surface area (Å²) in [4.78, 5) is 7.98. The number of hydrogen-bond donors (Lipinski definition) is 2. The van der Waals surface area contributed by atoms with E-state index in [9.17, 15) is 8.78 Å². The fourth-order valence-corrected chi connectivity index (χ4v) is 1.97. The summed E-state index contributed by atoms with van der Waals surface area (Å²) in [6, 6.07) is 3.66. The van der Waals surface area contributed by atoms with E-state index in [2.05, 4.69) is 31.2 Å². The zero-order chi connectivity index (χ0) is 14.7. The van der Waals surface area contributed by atoms with Gasteiger partial charge in [0.1, 0.15) is 23.9 Å². The molecule has 20 heavy (non-hydrogen) atoms. The van der Waals surface area contributed by atoms with Crippen molar-refractivity contribution in [3.63, 3.8) is 0 Å². The van der Waals surface area contributed by atoms with Crippen LogP contribution in [-0.2, 0) is 11.3 Å². The molecule has 1 heterocycles. The van der Waals surface area contributed by atoms with Crippen molar-refractivity contribution in [1.82, 2.24) is 9.97 Å². The van der Waals surface area contributed by atoms with Gasteiger partial charge in [0.15, 0.2) is 17.5 Å². The standard InChI is InChI=1S/C12H11BrF2N4O/c1-20-5-11-17-9(16)4-10(18-11)19-12-7(14)2-6(13)3-8(12)15/h2-4H,5H2,1H3,(H3,16,17,18,19). The first-order valence-corrected chi connectivity index (χ1v) is 6.33. The number of rotatable bonds is 4. The Hall–Kier alpha value is -1.80. The molecule has 0 fully saturated rings. The molecule has 0 aliphatic rings. The van der Waals surface area contributed by atoms with Gasteiger partial charge in [-0.15, -0.1) is 0 Å². The highest BCUT2D eigenvalue weighted by atomic mass is 79.9. The van der Waals surface area contributed by atoms with Crippen molar-refractivity contribution in [1.29, 1.82) is 0 Å². The fourth-order valence-electron chi connectivity index (χ4n) is 1.57. The Labute approximate surface area is 122 Å². The molecule has 8 heteroatoms. The van der Waals surface area contributed by atoms with Crippen molar-refractivity contribution in [3.05, 3.63) is 40.1 Å². The average molecular weight is 345 g/mol. The number of nitrogens with zero attached hydrogens (tertiary/aromatic N) is 2. The topological polar surface area (TPSA) is 73.1 Å². The van der Waals surface area contributed by atoms with Gasteiger partial charge < -0.3 is 15.8 Å². The second-order valence-corrected chi connectivity index (χ2v) is 4.81. The van der Waals surface area contributed by atoms with E-state index in [4.69, 9.17) is 10.5 Å². The molecule has 2 rings (SSSR count). The van der Waals surface area contributed by atoms with E-state index in [1.54, 1.807) is 0 Å². The Kier molecular flexibility index (Phi) is 4.46. The van der Waals surface area contributed by atoms with Crippen LogP contribution in [0.2, 0.25) is 0 Å². The van der Waals surface area contributed by atoms with Gasteiger partial charge >= 0.3 is 0 Å². The summed E-state index contributed by atoms with van der Waals surface area (Å²) >= 11 is 3.01. The lowest BCUT2D eigenvalue weighted by Gasteiger charge is -2.10. The van der Waals surface area contributed by atoms with E-state index in [0.29, 0.717) is 10.3 Å². The number of nitrogens with two attached hydrogens (primary N) is 1. The Morgan fingerprint density at radius 3 is 2.50 bits per heavy atom. The summed E-state index contributed by atoms with van der Waals surface area (Å²) in [5.74, 6) is -0.824. The molecular formula is C12H11BrF2N4O. The molecule has 0 aliphatic carbocycles. The fraction of sp³-hybridized carbons (Fsp3) is 0.167. The Morgan fingerprint density at radius 2 is 1.90 bits per heavy atom. The SMILES string of the molecule is COCc1nc(N)cc(Nc2c(F)cc(Br)cc2F)n1. The van der Waals surface area contributed by atoms with E-state index in [1.165, 1.54) is 13.2 Å². The highest BCUT2D eigenvalue weighted by molar-refractivity contribution is 9.10. The second kappa shape index (κ2) is 6.10. The molecule has 5 nitrogen and oxygen atoms in total. The smallest absolute Gasteiger partial charge is 0.158 e. The molecule has 0 bridgehead atoms. The predicted octanol–water partition coefficient (Wildman–Crippen LogP) is 2.99. The zero-order valence-corrected chi connectivity index (χ0v) is 12.0. The van der Waals surface area contributed by atoms with Crippen LogP contribution >= 0.6 is 15.9 Å². The van der Waals surface area contributed by atoms with Crippen molar-refractivity contribution in [2.24, 2.45) is 0 Å². The molecule has 3 N–H and O–H groups in total. The third-order valence-corrected chi connectivity index (χ3v) is 2.78. The first kappa shape index (κ1) is 14.6. The third-order valence-electron chi connectivity index (χ3n) is 2.33. The maximum absolute atomic E-state index is 13.7. The minimum atomic E-state index is -0.748. The van der Waals surface area contributed by atoms with Crippen LogP contribution in [0.1, 0.15) is 5.82 Å². The lowest BCUT2D eigenvalue weighted by molar-refractivity contribution is 0.178. The van der Waals surface area contributed by atoms with Crippen molar-refractivity contribution < 1.29 is 13.5 Å². The van der Waals surface area contributed by atoms with Gasteiger partial charge in [-0.1, -0.05) is 15.9 Å². The second-order valence-electron chi connectivity index (χ2n) is 3.90. The zero-order valence-electron chi connectivity index (χ0n) is 10.5. The first-order chi connectivity index (χ1) is 9.49. The van der Waals surface area contributed by atoms with Gasteiger partial charge in [0.2, 0.25) is 0 Å². The van der Waals surface area contributed by atoms with Crippen molar-refractivity contribution >= 4 is 33.3 Å². The van der Waals surface area contributed by atoms with Crippen molar-refractivity contribution in [2.75, 3.05) is 18.2 Å². The van der Waals surface area contributed by atoms with Gasteiger partial charge in [-0.25, -0.2) is 18.7 Å². The van der Waals surface area contributed by atoms with Crippen LogP contribution in [0, 0.1) is 11.6 Å². The van der Waals surface area contributed by atoms with Crippen LogP contribution in [0.5, 0.6) is 0 Å². The van der Waals surface area contributed by atoms with Gasteiger partial charge in [-0.3, -0.25) is 0 Å². The van der Waals surface area contributed by atoms with Crippen molar-refractivity contribution in [3.8, 4) is 0 Å². The van der Waals surface area contributed by atoms with Crippen LogP contribution in [-0.4, -0.2) is 17.1 Å². The highest BCUT2D eigenvalue weighted by Gasteiger charge is 2.12. The highest BCUT2D eigenvalue weighted by Crippen LogP contribution is 2.26. The number of anilines is 3. The summed E-state index contributed by atoms with van der Waals surface area (Å²) in [6.45, 7) is 0.144. The predicted molar refractivity (Wildman–Crippen MR) is 74.5 cm³/mol. The van der Waals surface area contributed by atoms with E-state index >= 15 is 0 Å². The molecule has 2 aromatic rings. The number of methoxy groups -OCH3 is 1. The molecule has 106 valence electrons. The van der Waals surface area contributed by atoms with Crippen LogP contribution < -0.4 is 11.1 Å².